The van der Waals surface area contributed by atoms with E-state index >= 15 is 0 Å². The van der Waals surface area contributed by atoms with Crippen LogP contribution in [0.3, 0.4) is 0 Å². The molecule has 0 atom stereocenters. The van der Waals surface area contributed by atoms with Crippen molar-refractivity contribution in [1.29, 1.82) is 0 Å². The summed E-state index contributed by atoms with van der Waals surface area (Å²) in [6.07, 6.45) is 9.36. The number of carbonyl (C=O) groups excluding carboxylic acids is 1. The molecular formula is C22H33NO3. The van der Waals surface area contributed by atoms with Gasteiger partial charge in [-0.15, -0.1) is 0 Å². The highest BCUT2D eigenvalue weighted by Crippen LogP contribution is 2.34. The van der Waals surface area contributed by atoms with Crippen LogP contribution in [0.5, 0.6) is 11.5 Å². The monoisotopic (exact) mass is 359 g/mol. The zero-order valence-corrected chi connectivity index (χ0v) is 16.4. The molecule has 1 aromatic carbocycles. The van der Waals surface area contributed by atoms with Gasteiger partial charge in [-0.05, 0) is 55.9 Å². The lowest BCUT2D eigenvalue weighted by Gasteiger charge is -2.30. The van der Waals surface area contributed by atoms with Crippen molar-refractivity contribution >= 4 is 5.91 Å². The van der Waals surface area contributed by atoms with Crippen LogP contribution in [0.4, 0.5) is 0 Å². The summed E-state index contributed by atoms with van der Waals surface area (Å²) >= 11 is 0. The highest BCUT2D eigenvalue weighted by Gasteiger charge is 2.24. The molecule has 1 amide bonds. The minimum Gasteiger partial charge on any atom is -0.490 e. The largest absolute Gasteiger partial charge is 0.490 e. The number of rotatable bonds is 7. The van der Waals surface area contributed by atoms with Gasteiger partial charge < -0.3 is 14.4 Å². The summed E-state index contributed by atoms with van der Waals surface area (Å²) in [6, 6.07) is 4.18. The van der Waals surface area contributed by atoms with Crippen LogP contribution >= 0.6 is 0 Å². The molecular weight excluding hydrogens is 326 g/mol. The quantitative estimate of drug-likeness (QED) is 0.706. The van der Waals surface area contributed by atoms with Crippen molar-refractivity contribution in [2.75, 3.05) is 19.8 Å². The average Bonchev–Trinajstić information content (AvgIpc) is 2.67. The number of hydrogen-bond acceptors (Lipinski definition) is 3. The topological polar surface area (TPSA) is 38.8 Å². The van der Waals surface area contributed by atoms with E-state index in [1.807, 2.05) is 18.7 Å². The van der Waals surface area contributed by atoms with Gasteiger partial charge in [0.15, 0.2) is 11.5 Å². The summed E-state index contributed by atoms with van der Waals surface area (Å²) in [4.78, 5) is 14.7. The molecule has 0 unspecified atom stereocenters. The first-order valence-corrected chi connectivity index (χ1v) is 10.4. The fraction of sp³-hybridized carbons (Fsp3) is 0.682. The molecule has 2 aliphatic rings. The van der Waals surface area contributed by atoms with Gasteiger partial charge in [-0.1, -0.05) is 32.1 Å². The predicted octanol–water partition coefficient (Wildman–Crippen LogP) is 4.73. The van der Waals surface area contributed by atoms with Gasteiger partial charge in [0.1, 0.15) is 0 Å². The Kier molecular flexibility index (Phi) is 6.81. The number of carbonyl (C=O) groups is 1. The van der Waals surface area contributed by atoms with Gasteiger partial charge in [-0.25, -0.2) is 0 Å². The summed E-state index contributed by atoms with van der Waals surface area (Å²) in [5.41, 5.74) is 2.49. The van der Waals surface area contributed by atoms with Gasteiger partial charge in [-0.3, -0.25) is 4.79 Å². The van der Waals surface area contributed by atoms with E-state index in [1.54, 1.807) is 0 Å². The van der Waals surface area contributed by atoms with E-state index < -0.39 is 0 Å². The smallest absolute Gasteiger partial charge is 0.222 e. The van der Waals surface area contributed by atoms with Crippen LogP contribution in [0.15, 0.2) is 12.1 Å². The molecule has 3 rings (SSSR count). The molecule has 0 N–H and O–H groups in total. The lowest BCUT2D eigenvalue weighted by atomic mass is 9.86. The van der Waals surface area contributed by atoms with E-state index in [0.29, 0.717) is 32.1 Å². The Morgan fingerprint density at radius 2 is 1.69 bits per heavy atom. The van der Waals surface area contributed by atoms with Crippen LogP contribution in [0.1, 0.15) is 69.9 Å². The summed E-state index contributed by atoms with van der Waals surface area (Å²) in [5, 5.41) is 0. The molecule has 0 radical (unpaired) electrons. The number of benzene rings is 1. The number of amides is 1. The van der Waals surface area contributed by atoms with Crippen molar-refractivity contribution in [3.05, 3.63) is 23.3 Å². The SMILES string of the molecule is CCOc1cc2c(cc1OCC)CN(C(=O)CCC1CCCCC1)CC2. The first-order valence-electron chi connectivity index (χ1n) is 10.4. The Balaban J connectivity index is 1.62. The first kappa shape index (κ1) is 19.1. The zero-order chi connectivity index (χ0) is 18.4. The van der Waals surface area contributed by atoms with Crippen molar-refractivity contribution in [2.24, 2.45) is 5.92 Å². The molecule has 1 aliphatic carbocycles. The molecule has 4 nitrogen and oxygen atoms in total. The fourth-order valence-corrected chi connectivity index (χ4v) is 4.28. The molecule has 1 heterocycles. The first-order chi connectivity index (χ1) is 12.7. The lowest BCUT2D eigenvalue weighted by molar-refractivity contribution is -0.132. The Hall–Kier alpha value is -1.71. The van der Waals surface area contributed by atoms with Crippen LogP contribution in [-0.2, 0) is 17.8 Å². The number of hydrogen-bond donors (Lipinski definition) is 0. The van der Waals surface area contributed by atoms with Crippen LogP contribution < -0.4 is 9.47 Å². The molecule has 1 saturated carbocycles. The Bertz CT molecular complexity index is 608. The summed E-state index contributed by atoms with van der Waals surface area (Å²) in [5.74, 6) is 2.70. The molecule has 0 spiro atoms. The van der Waals surface area contributed by atoms with Crippen molar-refractivity contribution in [2.45, 2.75) is 71.8 Å². The van der Waals surface area contributed by atoms with Gasteiger partial charge in [0.25, 0.3) is 0 Å². The minimum atomic E-state index is 0.313. The molecule has 0 bridgehead atoms. The molecule has 1 aromatic rings. The van der Waals surface area contributed by atoms with E-state index in [2.05, 4.69) is 12.1 Å². The molecule has 26 heavy (non-hydrogen) atoms. The third kappa shape index (κ3) is 4.72. The second-order valence-corrected chi connectivity index (χ2v) is 7.54. The summed E-state index contributed by atoms with van der Waals surface area (Å²) in [7, 11) is 0. The maximum atomic E-state index is 12.7. The lowest BCUT2D eigenvalue weighted by Crippen LogP contribution is -2.36. The van der Waals surface area contributed by atoms with Gasteiger partial charge >= 0.3 is 0 Å². The van der Waals surface area contributed by atoms with E-state index in [-0.39, 0.29) is 0 Å². The Labute approximate surface area is 157 Å². The zero-order valence-electron chi connectivity index (χ0n) is 16.4. The summed E-state index contributed by atoms with van der Waals surface area (Å²) in [6.45, 7) is 6.73. The third-order valence-electron chi connectivity index (χ3n) is 5.72. The number of ether oxygens (including phenoxy) is 2. The molecule has 0 saturated heterocycles. The van der Waals surface area contributed by atoms with Crippen molar-refractivity contribution in [3.8, 4) is 11.5 Å². The fourth-order valence-electron chi connectivity index (χ4n) is 4.28. The van der Waals surface area contributed by atoms with E-state index in [4.69, 9.17) is 9.47 Å². The minimum absolute atomic E-state index is 0.313. The second kappa shape index (κ2) is 9.29. The van der Waals surface area contributed by atoms with E-state index in [0.717, 1.165) is 36.8 Å². The molecule has 1 aliphatic heterocycles. The molecule has 144 valence electrons. The molecule has 0 aromatic heterocycles. The maximum absolute atomic E-state index is 12.7. The van der Waals surface area contributed by atoms with Gasteiger partial charge in [-0.2, -0.15) is 0 Å². The highest BCUT2D eigenvalue weighted by molar-refractivity contribution is 5.76. The second-order valence-electron chi connectivity index (χ2n) is 7.54. The average molecular weight is 360 g/mol. The normalized spacial score (nSPS) is 17.7. The van der Waals surface area contributed by atoms with Crippen molar-refractivity contribution in [3.63, 3.8) is 0 Å². The van der Waals surface area contributed by atoms with Crippen LogP contribution in [0.2, 0.25) is 0 Å². The number of nitrogens with zero attached hydrogens (tertiary/aromatic N) is 1. The van der Waals surface area contributed by atoms with Gasteiger partial charge in [0, 0.05) is 19.5 Å². The highest BCUT2D eigenvalue weighted by atomic mass is 16.5. The molecule has 4 heteroatoms. The predicted molar refractivity (Wildman–Crippen MR) is 104 cm³/mol. The van der Waals surface area contributed by atoms with Crippen LogP contribution in [0.25, 0.3) is 0 Å². The number of fused-ring (bicyclic) bond motifs is 1. The Morgan fingerprint density at radius 3 is 2.35 bits per heavy atom. The van der Waals surface area contributed by atoms with Crippen LogP contribution in [-0.4, -0.2) is 30.6 Å². The van der Waals surface area contributed by atoms with Gasteiger partial charge in [0.2, 0.25) is 5.91 Å². The maximum Gasteiger partial charge on any atom is 0.222 e. The summed E-state index contributed by atoms with van der Waals surface area (Å²) < 4.78 is 11.5. The third-order valence-corrected chi connectivity index (χ3v) is 5.72. The van der Waals surface area contributed by atoms with Crippen molar-refractivity contribution in [1.82, 2.24) is 4.90 Å². The van der Waals surface area contributed by atoms with Crippen molar-refractivity contribution < 1.29 is 14.3 Å². The standard InChI is InChI=1S/C22H33NO3/c1-3-25-20-14-18-12-13-23(16-19(18)15-21(20)26-4-2)22(24)11-10-17-8-6-5-7-9-17/h14-15,17H,3-13,16H2,1-2H3. The molecule has 1 fully saturated rings. The van der Waals surface area contributed by atoms with E-state index in [9.17, 15) is 4.79 Å². The van der Waals surface area contributed by atoms with Crippen LogP contribution in [0, 0.1) is 5.92 Å². The Morgan fingerprint density at radius 1 is 1.04 bits per heavy atom. The van der Waals surface area contributed by atoms with E-state index in [1.165, 1.54) is 43.2 Å². The van der Waals surface area contributed by atoms with Gasteiger partial charge in [0.05, 0.1) is 13.2 Å².